The molecule has 1 heterocycles. The Kier molecular flexibility index (Phi) is 7.53. The van der Waals surface area contributed by atoms with E-state index in [1.807, 2.05) is 49.4 Å². The zero-order valence-corrected chi connectivity index (χ0v) is 18.7. The average molecular weight is 446 g/mol. The van der Waals surface area contributed by atoms with Gasteiger partial charge in [0, 0.05) is 22.6 Å². The first kappa shape index (κ1) is 22.3. The van der Waals surface area contributed by atoms with Crippen molar-refractivity contribution >= 4 is 29.1 Å². The highest BCUT2D eigenvalue weighted by Gasteiger charge is 2.19. The Balaban J connectivity index is 1.65. The lowest BCUT2D eigenvalue weighted by Gasteiger charge is -2.25. The Morgan fingerprint density at radius 1 is 1.10 bits per heavy atom. The van der Waals surface area contributed by atoms with Crippen molar-refractivity contribution in [3.05, 3.63) is 87.6 Å². The van der Waals surface area contributed by atoms with E-state index in [1.54, 1.807) is 6.07 Å². The Morgan fingerprint density at radius 3 is 2.50 bits per heavy atom. The van der Waals surface area contributed by atoms with Crippen LogP contribution in [0, 0.1) is 0 Å². The van der Waals surface area contributed by atoms with E-state index in [9.17, 15) is 4.79 Å². The molecule has 158 valence electrons. The van der Waals surface area contributed by atoms with Gasteiger partial charge in [-0.3, -0.25) is 9.69 Å². The molecule has 0 saturated carbocycles. The lowest BCUT2D eigenvalue weighted by atomic mass is 10.1. The van der Waals surface area contributed by atoms with Gasteiger partial charge in [0.25, 0.3) is 5.91 Å². The molecule has 0 unspecified atom stereocenters. The van der Waals surface area contributed by atoms with E-state index in [2.05, 4.69) is 29.0 Å². The molecule has 2 aromatic carbocycles. The zero-order chi connectivity index (χ0) is 21.7. The highest BCUT2D eigenvalue weighted by molar-refractivity contribution is 6.35. The largest absolute Gasteiger partial charge is 0.447 e. The third-order valence-corrected chi connectivity index (χ3v) is 5.48. The van der Waals surface area contributed by atoms with Crippen LogP contribution in [0.3, 0.4) is 0 Å². The number of aromatic nitrogens is 1. The van der Waals surface area contributed by atoms with Crippen molar-refractivity contribution in [3.63, 3.8) is 0 Å². The normalized spacial score (nSPS) is 12.4. The van der Waals surface area contributed by atoms with Crippen molar-refractivity contribution in [2.45, 2.75) is 45.9 Å². The molecule has 3 aromatic rings. The summed E-state index contributed by atoms with van der Waals surface area (Å²) >= 11 is 12.3. The fraction of sp³-hybridized carbons (Fsp3) is 0.304. The molecule has 0 aliphatic carbocycles. The van der Waals surface area contributed by atoms with E-state index in [0.717, 1.165) is 11.1 Å². The van der Waals surface area contributed by atoms with Gasteiger partial charge in [0.05, 0.1) is 12.6 Å². The zero-order valence-electron chi connectivity index (χ0n) is 17.2. The third-order valence-electron chi connectivity index (χ3n) is 4.89. The molecular weight excluding hydrogens is 421 g/mol. The number of carbonyl (C=O) groups excluding carboxylic acids is 1. The molecule has 30 heavy (non-hydrogen) atoms. The first-order chi connectivity index (χ1) is 14.3. The van der Waals surface area contributed by atoms with Crippen LogP contribution in [0.2, 0.25) is 10.0 Å². The van der Waals surface area contributed by atoms with Gasteiger partial charge in [-0.05, 0) is 44.0 Å². The molecule has 0 spiro atoms. The molecule has 0 saturated heterocycles. The van der Waals surface area contributed by atoms with Gasteiger partial charge in [0.1, 0.15) is 6.26 Å². The molecular formula is C23H25Cl2N3O2. The van der Waals surface area contributed by atoms with E-state index >= 15 is 0 Å². The standard InChI is InChI=1S/C23H25Cl2N3O2/c1-15(2)28(12-18-9-10-19(24)11-20(18)25)13-22-27-21(14-30-22)23(29)26-16(3)17-7-5-4-6-8-17/h4-11,14-16H,12-13H2,1-3H3,(H,26,29)/t16-/m1/s1. The summed E-state index contributed by atoms with van der Waals surface area (Å²) in [6, 6.07) is 15.3. The second-order valence-electron chi connectivity index (χ2n) is 7.47. The molecule has 0 aliphatic heterocycles. The Hall–Kier alpha value is -2.34. The first-order valence-corrected chi connectivity index (χ1v) is 10.6. The maximum Gasteiger partial charge on any atom is 0.273 e. The highest BCUT2D eigenvalue weighted by atomic mass is 35.5. The van der Waals surface area contributed by atoms with Crippen molar-refractivity contribution in [3.8, 4) is 0 Å². The van der Waals surface area contributed by atoms with Gasteiger partial charge in [0.15, 0.2) is 5.69 Å². The predicted octanol–water partition coefficient (Wildman–Crippen LogP) is 5.88. The summed E-state index contributed by atoms with van der Waals surface area (Å²) in [4.78, 5) is 19.1. The number of hydrogen-bond donors (Lipinski definition) is 1. The molecule has 1 aromatic heterocycles. The van der Waals surface area contributed by atoms with Gasteiger partial charge >= 0.3 is 0 Å². The van der Waals surface area contributed by atoms with Crippen LogP contribution in [-0.4, -0.2) is 21.8 Å². The SMILES string of the molecule is CC(C)N(Cc1nc(C(=O)N[C@H](C)c2ccccc2)co1)Cc1ccc(Cl)cc1Cl. The van der Waals surface area contributed by atoms with Crippen molar-refractivity contribution < 1.29 is 9.21 Å². The predicted molar refractivity (Wildman–Crippen MR) is 120 cm³/mol. The maximum atomic E-state index is 12.6. The summed E-state index contributed by atoms with van der Waals surface area (Å²) in [5, 5.41) is 4.17. The van der Waals surface area contributed by atoms with Crippen LogP contribution < -0.4 is 5.32 Å². The van der Waals surface area contributed by atoms with E-state index in [1.165, 1.54) is 6.26 Å². The van der Waals surface area contributed by atoms with Crippen molar-refractivity contribution in [2.24, 2.45) is 0 Å². The monoisotopic (exact) mass is 445 g/mol. The summed E-state index contributed by atoms with van der Waals surface area (Å²) in [6.07, 6.45) is 1.40. The van der Waals surface area contributed by atoms with Gasteiger partial charge in [0.2, 0.25) is 5.89 Å². The van der Waals surface area contributed by atoms with Crippen LogP contribution in [0.15, 0.2) is 59.2 Å². The van der Waals surface area contributed by atoms with Crippen LogP contribution in [0.25, 0.3) is 0 Å². The Bertz CT molecular complexity index is 989. The minimum Gasteiger partial charge on any atom is -0.447 e. The topological polar surface area (TPSA) is 58.4 Å². The lowest BCUT2D eigenvalue weighted by molar-refractivity contribution is 0.0934. The van der Waals surface area contributed by atoms with Crippen LogP contribution in [0.5, 0.6) is 0 Å². The number of benzene rings is 2. The summed E-state index contributed by atoms with van der Waals surface area (Å²) in [7, 11) is 0. The van der Waals surface area contributed by atoms with E-state index in [4.69, 9.17) is 27.6 Å². The molecule has 1 N–H and O–H groups in total. The average Bonchev–Trinajstić information content (AvgIpc) is 3.18. The Morgan fingerprint density at radius 2 is 1.83 bits per heavy atom. The summed E-state index contributed by atoms with van der Waals surface area (Å²) in [5.41, 5.74) is 2.26. The van der Waals surface area contributed by atoms with Gasteiger partial charge in [-0.25, -0.2) is 4.98 Å². The number of oxazole rings is 1. The highest BCUT2D eigenvalue weighted by Crippen LogP contribution is 2.24. The summed E-state index contributed by atoms with van der Waals surface area (Å²) in [5.74, 6) is 0.212. The lowest BCUT2D eigenvalue weighted by Crippen LogP contribution is -2.30. The van der Waals surface area contributed by atoms with Crippen LogP contribution >= 0.6 is 23.2 Å². The second kappa shape index (κ2) is 10.1. The number of carbonyl (C=O) groups is 1. The summed E-state index contributed by atoms with van der Waals surface area (Å²) < 4.78 is 5.57. The number of hydrogen-bond acceptors (Lipinski definition) is 4. The molecule has 0 bridgehead atoms. The minimum absolute atomic E-state index is 0.127. The Labute approximate surface area is 187 Å². The molecule has 5 nitrogen and oxygen atoms in total. The van der Waals surface area contributed by atoms with Gasteiger partial charge in [-0.2, -0.15) is 0 Å². The summed E-state index contributed by atoms with van der Waals surface area (Å²) in [6.45, 7) is 7.18. The van der Waals surface area contributed by atoms with Gasteiger partial charge in [-0.15, -0.1) is 0 Å². The number of amides is 1. The molecule has 7 heteroatoms. The van der Waals surface area contributed by atoms with Gasteiger partial charge < -0.3 is 9.73 Å². The molecule has 1 atom stereocenters. The second-order valence-corrected chi connectivity index (χ2v) is 8.31. The third kappa shape index (κ3) is 5.85. The van der Waals surface area contributed by atoms with Crippen LogP contribution in [-0.2, 0) is 13.1 Å². The first-order valence-electron chi connectivity index (χ1n) is 9.81. The quantitative estimate of drug-likeness (QED) is 0.469. The van der Waals surface area contributed by atoms with Gasteiger partial charge in [-0.1, -0.05) is 59.6 Å². The number of nitrogens with zero attached hydrogens (tertiary/aromatic N) is 2. The molecule has 0 fully saturated rings. The van der Waals surface area contributed by atoms with E-state index in [0.29, 0.717) is 29.0 Å². The van der Waals surface area contributed by atoms with Crippen molar-refractivity contribution in [1.29, 1.82) is 0 Å². The molecule has 3 rings (SSSR count). The number of halogens is 2. The fourth-order valence-electron chi connectivity index (χ4n) is 3.05. The number of nitrogens with one attached hydrogen (secondary N) is 1. The fourth-order valence-corrected chi connectivity index (χ4v) is 3.52. The van der Waals surface area contributed by atoms with Crippen molar-refractivity contribution in [2.75, 3.05) is 0 Å². The van der Waals surface area contributed by atoms with E-state index in [-0.39, 0.29) is 23.7 Å². The minimum atomic E-state index is -0.266. The molecule has 0 radical (unpaired) electrons. The van der Waals surface area contributed by atoms with Crippen molar-refractivity contribution in [1.82, 2.24) is 15.2 Å². The maximum absolute atomic E-state index is 12.6. The number of rotatable bonds is 8. The van der Waals surface area contributed by atoms with E-state index < -0.39 is 0 Å². The van der Waals surface area contributed by atoms with Crippen LogP contribution in [0.4, 0.5) is 0 Å². The molecule has 1 amide bonds. The van der Waals surface area contributed by atoms with Crippen LogP contribution in [0.1, 0.15) is 54.3 Å². The smallest absolute Gasteiger partial charge is 0.273 e. The molecule has 0 aliphatic rings.